The lowest BCUT2D eigenvalue weighted by Gasteiger charge is -2.09. The van der Waals surface area contributed by atoms with Crippen LogP contribution in [0.4, 0.5) is 17.6 Å². The summed E-state index contributed by atoms with van der Waals surface area (Å²) in [6.45, 7) is -0.240. The van der Waals surface area contributed by atoms with E-state index in [1.165, 1.54) is 11.8 Å². The number of hydrogen-bond donors (Lipinski definition) is 2. The quantitative estimate of drug-likeness (QED) is 0.397. The Balaban J connectivity index is 0.000000454. The first-order chi connectivity index (χ1) is 17.0. The van der Waals surface area contributed by atoms with E-state index in [0.717, 1.165) is 33.3 Å². The Labute approximate surface area is 212 Å². The van der Waals surface area contributed by atoms with Crippen LogP contribution in [-0.4, -0.2) is 51.4 Å². The molecule has 0 unspecified atom stereocenters. The first kappa shape index (κ1) is 27.5. The number of imidazole rings is 1. The topological polar surface area (TPSA) is 97.1 Å². The molecule has 7 nitrogen and oxygen atoms in total. The highest BCUT2D eigenvalue weighted by molar-refractivity contribution is 7.99. The average Bonchev–Trinajstić information content (AvgIpc) is 3.56. The minimum absolute atomic E-state index is 0.0664. The summed E-state index contributed by atoms with van der Waals surface area (Å²) in [7, 11) is 1.67. The lowest BCUT2D eigenvalue weighted by molar-refractivity contribution is -0.192. The first-order valence-corrected chi connectivity index (χ1v) is 11.8. The van der Waals surface area contributed by atoms with Crippen LogP contribution >= 0.6 is 23.4 Å². The predicted molar refractivity (Wildman–Crippen MR) is 126 cm³/mol. The lowest BCUT2D eigenvalue weighted by Crippen LogP contribution is -2.21. The van der Waals surface area contributed by atoms with Crippen molar-refractivity contribution in [3.63, 3.8) is 0 Å². The zero-order valence-electron chi connectivity index (χ0n) is 18.8. The van der Waals surface area contributed by atoms with Crippen LogP contribution in [0.3, 0.4) is 0 Å². The van der Waals surface area contributed by atoms with Gasteiger partial charge in [0, 0.05) is 24.7 Å². The van der Waals surface area contributed by atoms with Crippen LogP contribution in [0.15, 0.2) is 59.0 Å². The second-order valence-electron chi connectivity index (χ2n) is 7.69. The number of nitrogens with zero attached hydrogens (tertiary/aromatic N) is 3. The van der Waals surface area contributed by atoms with E-state index in [-0.39, 0.29) is 24.3 Å². The molecule has 2 heterocycles. The zero-order chi connectivity index (χ0) is 26.5. The second-order valence-corrected chi connectivity index (χ2v) is 9.13. The summed E-state index contributed by atoms with van der Waals surface area (Å²) in [4.78, 5) is 29.5. The highest BCUT2D eigenvalue weighted by Crippen LogP contribution is 2.48. The van der Waals surface area contributed by atoms with Crippen molar-refractivity contribution in [1.82, 2.24) is 19.9 Å². The Hall–Kier alpha value is -3.12. The van der Waals surface area contributed by atoms with Gasteiger partial charge in [0.05, 0.1) is 17.9 Å². The monoisotopic (exact) mass is 544 g/mol. The molecule has 0 aliphatic heterocycles. The third kappa shape index (κ3) is 6.97. The van der Waals surface area contributed by atoms with Gasteiger partial charge in [0.2, 0.25) is 5.91 Å². The molecule has 2 atom stereocenters. The van der Waals surface area contributed by atoms with E-state index in [2.05, 4.69) is 15.3 Å². The highest BCUT2D eigenvalue weighted by atomic mass is 35.5. The van der Waals surface area contributed by atoms with E-state index >= 15 is 0 Å². The number of aryl methyl sites for hydroxylation is 1. The molecule has 0 saturated heterocycles. The number of aromatic nitrogens is 3. The minimum Gasteiger partial charge on any atom is -0.475 e. The van der Waals surface area contributed by atoms with Crippen LogP contribution in [0.2, 0.25) is 5.02 Å². The molecule has 36 heavy (non-hydrogen) atoms. The summed E-state index contributed by atoms with van der Waals surface area (Å²) in [5.74, 6) is -2.32. The maximum atomic E-state index is 13.0. The van der Waals surface area contributed by atoms with Gasteiger partial charge >= 0.3 is 12.1 Å². The van der Waals surface area contributed by atoms with Crippen molar-refractivity contribution < 1.29 is 32.3 Å². The number of aliphatic carboxylic acids is 1. The van der Waals surface area contributed by atoms with E-state index in [9.17, 15) is 22.4 Å². The fourth-order valence-electron chi connectivity index (χ4n) is 3.37. The summed E-state index contributed by atoms with van der Waals surface area (Å²) < 4.78 is 46.6. The molecule has 4 rings (SSSR count). The number of halogens is 5. The molecule has 3 aromatic rings. The van der Waals surface area contributed by atoms with Crippen molar-refractivity contribution in [1.29, 1.82) is 0 Å². The largest absolute Gasteiger partial charge is 0.490 e. The van der Waals surface area contributed by atoms with Gasteiger partial charge in [-0.3, -0.25) is 4.79 Å². The smallest absolute Gasteiger partial charge is 0.475 e. The molecule has 0 bridgehead atoms. The number of hydrogen-bond acceptors (Lipinski definition) is 5. The van der Waals surface area contributed by atoms with Crippen LogP contribution in [0.1, 0.15) is 17.9 Å². The van der Waals surface area contributed by atoms with Gasteiger partial charge in [-0.1, -0.05) is 35.9 Å². The Morgan fingerprint density at radius 3 is 2.39 bits per heavy atom. The Bertz CT molecular complexity index is 1200. The fourth-order valence-corrected chi connectivity index (χ4v) is 4.45. The molecule has 13 heteroatoms. The normalized spacial score (nSPS) is 16.6. The van der Waals surface area contributed by atoms with Crippen LogP contribution in [0.5, 0.6) is 0 Å². The minimum atomic E-state index is -5.08. The number of benzene rings is 1. The van der Waals surface area contributed by atoms with Gasteiger partial charge in [-0.15, -0.1) is 0 Å². The number of rotatable bonds is 7. The first-order valence-electron chi connectivity index (χ1n) is 10.6. The highest BCUT2D eigenvalue weighted by Gasteiger charge is 2.43. The molecule has 0 spiro atoms. The van der Waals surface area contributed by atoms with Crippen molar-refractivity contribution in [2.45, 2.75) is 35.1 Å². The molecule has 2 N–H and O–H groups in total. The van der Waals surface area contributed by atoms with E-state index in [0.29, 0.717) is 5.02 Å². The van der Waals surface area contributed by atoms with Crippen molar-refractivity contribution in [2.75, 3.05) is 13.7 Å². The summed E-state index contributed by atoms with van der Waals surface area (Å²) in [5.41, 5.74) is 2.88. The molecule has 192 valence electrons. The third-order valence-electron chi connectivity index (χ3n) is 5.24. The molecule has 1 amide bonds. The number of carboxylic acid groups (broad SMARTS) is 1. The SMILES string of the molecule is CNC(=O)[C@H]1C[C@@H]1c1ccc(-c2ncn(CCF)c2Sc2ccc(Cl)cn2)cc1.O=C(O)C(F)(F)F. The lowest BCUT2D eigenvalue weighted by atomic mass is 10.1. The zero-order valence-corrected chi connectivity index (χ0v) is 20.4. The standard InChI is InChI=1S/C21H20ClFN4OS.C2HF3O2/c1-24-20(28)17-10-16(17)13-2-4-14(5-3-13)19-21(27(9-8-23)12-26-19)29-18-7-6-15(22)11-25-18;3-2(4,5)1(6)7/h2-7,11-12,16-17H,8-10H2,1H3,(H,24,28);(H,6,7)/t16-,17+;/m1./s1. The summed E-state index contributed by atoms with van der Waals surface area (Å²) in [6.07, 6.45) is -0.955. The summed E-state index contributed by atoms with van der Waals surface area (Å²) >= 11 is 7.35. The van der Waals surface area contributed by atoms with Gasteiger partial charge in [-0.05, 0) is 41.8 Å². The number of pyridine rings is 1. The third-order valence-corrected chi connectivity index (χ3v) is 6.54. The Morgan fingerprint density at radius 1 is 1.19 bits per heavy atom. The molecule has 1 saturated carbocycles. The van der Waals surface area contributed by atoms with Gasteiger partial charge < -0.3 is 15.0 Å². The van der Waals surface area contributed by atoms with Crippen LogP contribution in [0.25, 0.3) is 11.3 Å². The summed E-state index contributed by atoms with van der Waals surface area (Å²) in [5, 5.41) is 12.0. The number of amides is 1. The van der Waals surface area contributed by atoms with Gasteiger partial charge in [-0.2, -0.15) is 13.2 Å². The van der Waals surface area contributed by atoms with Gasteiger partial charge in [-0.25, -0.2) is 19.2 Å². The van der Waals surface area contributed by atoms with Crippen LogP contribution in [0, 0.1) is 5.92 Å². The molecular weight excluding hydrogens is 524 g/mol. The predicted octanol–water partition coefficient (Wildman–Crippen LogP) is 5.20. The molecule has 2 aromatic heterocycles. The van der Waals surface area contributed by atoms with Gasteiger partial charge in [0.15, 0.2) is 0 Å². The van der Waals surface area contributed by atoms with Crippen molar-refractivity contribution >= 4 is 35.2 Å². The van der Waals surface area contributed by atoms with E-state index < -0.39 is 18.8 Å². The fraction of sp³-hybridized carbons (Fsp3) is 0.304. The number of carbonyl (C=O) groups excluding carboxylic acids is 1. The number of alkyl halides is 4. The van der Waals surface area contributed by atoms with E-state index in [1.807, 2.05) is 30.3 Å². The number of nitrogens with one attached hydrogen (secondary N) is 1. The molecular formula is C23H21ClF4N4O3S. The van der Waals surface area contributed by atoms with Gasteiger partial charge in [0.1, 0.15) is 22.4 Å². The van der Waals surface area contributed by atoms with Crippen molar-refractivity contribution in [2.24, 2.45) is 5.92 Å². The Morgan fingerprint density at radius 2 is 1.86 bits per heavy atom. The van der Waals surface area contributed by atoms with Crippen LogP contribution in [-0.2, 0) is 16.1 Å². The number of carbonyl (C=O) groups is 2. The molecule has 1 aliphatic carbocycles. The van der Waals surface area contributed by atoms with E-state index in [1.54, 1.807) is 30.2 Å². The van der Waals surface area contributed by atoms with E-state index in [4.69, 9.17) is 21.5 Å². The van der Waals surface area contributed by atoms with Crippen molar-refractivity contribution in [3.05, 3.63) is 59.5 Å². The second kappa shape index (κ2) is 11.7. The van der Waals surface area contributed by atoms with Crippen LogP contribution < -0.4 is 5.32 Å². The molecule has 0 radical (unpaired) electrons. The van der Waals surface area contributed by atoms with Gasteiger partial charge in [0.25, 0.3) is 0 Å². The Kier molecular flexibility index (Phi) is 8.96. The summed E-state index contributed by atoms with van der Waals surface area (Å²) in [6, 6.07) is 11.7. The maximum absolute atomic E-state index is 13.0. The van der Waals surface area contributed by atoms with Crippen molar-refractivity contribution in [3.8, 4) is 11.3 Å². The molecule has 1 aliphatic rings. The number of carboxylic acids is 1. The maximum Gasteiger partial charge on any atom is 0.490 e. The molecule has 1 aromatic carbocycles. The molecule has 1 fully saturated rings. The average molecular weight is 545 g/mol.